The molecule has 2 nitrogen and oxygen atoms in total. The van der Waals surface area contributed by atoms with Crippen LogP contribution in [0.2, 0.25) is 0 Å². The Bertz CT molecular complexity index is 541. The van der Waals surface area contributed by atoms with E-state index in [9.17, 15) is 13.2 Å². The molecule has 0 bridgehead atoms. The van der Waals surface area contributed by atoms with Crippen molar-refractivity contribution in [2.45, 2.75) is 11.5 Å². The van der Waals surface area contributed by atoms with Crippen molar-refractivity contribution in [3.05, 3.63) is 48.0 Å². The van der Waals surface area contributed by atoms with Crippen molar-refractivity contribution in [1.29, 1.82) is 0 Å². The van der Waals surface area contributed by atoms with Crippen molar-refractivity contribution in [3.63, 3.8) is 0 Å². The van der Waals surface area contributed by atoms with Crippen LogP contribution in [0.5, 0.6) is 0 Å². The Kier molecular flexibility index (Phi) is 3.65. The smallest absolute Gasteiger partial charge is 0.264 e. The molecule has 2 heterocycles. The second-order valence-corrected chi connectivity index (χ2v) is 4.15. The summed E-state index contributed by atoms with van der Waals surface area (Å²) in [6, 6.07) is 4.48. The van der Waals surface area contributed by atoms with Crippen LogP contribution >= 0.6 is 15.9 Å². The van der Waals surface area contributed by atoms with Gasteiger partial charge in [-0.2, -0.15) is 13.2 Å². The molecule has 0 N–H and O–H groups in total. The number of rotatable bonds is 2. The molecule has 0 amide bonds. The largest absolute Gasteiger partial charge is 0.417 e. The van der Waals surface area contributed by atoms with E-state index in [2.05, 4.69) is 25.9 Å². The number of pyridine rings is 2. The molecule has 0 unspecified atom stereocenters. The number of aromatic nitrogens is 2. The molecule has 0 aliphatic rings. The van der Waals surface area contributed by atoms with E-state index in [1.807, 2.05) is 0 Å². The molecule has 0 fully saturated rings. The van der Waals surface area contributed by atoms with E-state index in [-0.39, 0.29) is 0 Å². The second-order valence-electron chi connectivity index (χ2n) is 3.59. The predicted octanol–water partition coefficient (Wildman–Crippen LogP) is 4.06. The standard InChI is InChI=1S/C12H8BrF3N2/c13-5-11-10(8-2-1-3-17-6-8)4-9(7-18-11)12(14,15)16/h1-4,6-7H,5H2. The summed E-state index contributed by atoms with van der Waals surface area (Å²) < 4.78 is 38.0. The van der Waals surface area contributed by atoms with E-state index in [0.29, 0.717) is 22.2 Å². The average molecular weight is 317 g/mol. The first-order valence-electron chi connectivity index (χ1n) is 5.05. The van der Waals surface area contributed by atoms with Crippen molar-refractivity contribution < 1.29 is 13.2 Å². The molecule has 2 aromatic heterocycles. The zero-order valence-corrected chi connectivity index (χ0v) is 10.7. The fraction of sp³-hybridized carbons (Fsp3) is 0.167. The van der Waals surface area contributed by atoms with Crippen LogP contribution in [-0.2, 0) is 11.5 Å². The van der Waals surface area contributed by atoms with Gasteiger partial charge in [0.25, 0.3) is 0 Å². The fourth-order valence-electron chi connectivity index (χ4n) is 1.53. The average Bonchev–Trinajstić information content (AvgIpc) is 2.38. The van der Waals surface area contributed by atoms with Gasteiger partial charge < -0.3 is 0 Å². The second kappa shape index (κ2) is 5.06. The summed E-state index contributed by atoms with van der Waals surface area (Å²) in [5.41, 5.74) is 0.849. The van der Waals surface area contributed by atoms with Gasteiger partial charge in [-0.1, -0.05) is 22.0 Å². The molecule has 2 aromatic rings. The summed E-state index contributed by atoms with van der Waals surface area (Å²) in [5, 5.41) is 0.384. The maximum Gasteiger partial charge on any atom is 0.417 e. The van der Waals surface area contributed by atoms with Crippen LogP contribution in [0.4, 0.5) is 13.2 Å². The number of nitrogens with zero attached hydrogens (tertiary/aromatic N) is 2. The van der Waals surface area contributed by atoms with Crippen LogP contribution in [0.1, 0.15) is 11.3 Å². The van der Waals surface area contributed by atoms with Gasteiger partial charge in [-0.25, -0.2) is 0 Å². The highest BCUT2D eigenvalue weighted by molar-refractivity contribution is 9.08. The number of alkyl halides is 4. The van der Waals surface area contributed by atoms with E-state index in [1.54, 1.807) is 18.3 Å². The van der Waals surface area contributed by atoms with Crippen molar-refractivity contribution in [1.82, 2.24) is 9.97 Å². The zero-order valence-electron chi connectivity index (χ0n) is 9.08. The van der Waals surface area contributed by atoms with Crippen LogP contribution in [-0.4, -0.2) is 9.97 Å². The third-order valence-electron chi connectivity index (χ3n) is 2.40. The quantitative estimate of drug-likeness (QED) is 0.781. The molecule has 94 valence electrons. The summed E-state index contributed by atoms with van der Waals surface area (Å²) >= 11 is 3.22. The fourth-order valence-corrected chi connectivity index (χ4v) is 1.97. The van der Waals surface area contributed by atoms with Crippen LogP contribution < -0.4 is 0 Å². The lowest BCUT2D eigenvalue weighted by atomic mass is 10.0. The molecular weight excluding hydrogens is 309 g/mol. The van der Waals surface area contributed by atoms with E-state index >= 15 is 0 Å². The van der Waals surface area contributed by atoms with Gasteiger partial charge >= 0.3 is 6.18 Å². The molecule has 2 rings (SSSR count). The summed E-state index contributed by atoms with van der Waals surface area (Å²) in [6.45, 7) is 0. The monoisotopic (exact) mass is 316 g/mol. The SMILES string of the molecule is FC(F)(F)c1cnc(CBr)c(-c2cccnc2)c1. The highest BCUT2D eigenvalue weighted by Crippen LogP contribution is 2.33. The molecule has 0 saturated heterocycles. The highest BCUT2D eigenvalue weighted by atomic mass is 79.9. The van der Waals surface area contributed by atoms with Crippen LogP contribution in [0.3, 0.4) is 0 Å². The van der Waals surface area contributed by atoms with Crippen molar-refractivity contribution in [2.24, 2.45) is 0 Å². The van der Waals surface area contributed by atoms with E-state index in [4.69, 9.17) is 0 Å². The number of hydrogen-bond donors (Lipinski definition) is 0. The van der Waals surface area contributed by atoms with Gasteiger partial charge in [-0.15, -0.1) is 0 Å². The molecule has 0 aliphatic heterocycles. The molecule has 0 spiro atoms. The number of hydrogen-bond acceptors (Lipinski definition) is 2. The molecule has 0 radical (unpaired) electrons. The minimum atomic E-state index is -4.39. The van der Waals surface area contributed by atoms with Gasteiger partial charge in [0.2, 0.25) is 0 Å². The summed E-state index contributed by atoms with van der Waals surface area (Å²) in [6.07, 6.45) is -0.465. The first kappa shape index (κ1) is 13.0. The summed E-state index contributed by atoms with van der Waals surface area (Å²) in [4.78, 5) is 7.75. The number of halogens is 4. The van der Waals surface area contributed by atoms with Crippen molar-refractivity contribution >= 4 is 15.9 Å². The van der Waals surface area contributed by atoms with Gasteiger partial charge in [0.15, 0.2) is 0 Å². The minimum absolute atomic E-state index is 0.384. The Morgan fingerprint density at radius 2 is 2.00 bits per heavy atom. The molecule has 0 saturated carbocycles. The summed E-state index contributed by atoms with van der Waals surface area (Å²) in [7, 11) is 0. The van der Waals surface area contributed by atoms with Crippen LogP contribution in [0.15, 0.2) is 36.8 Å². The Morgan fingerprint density at radius 3 is 2.56 bits per heavy atom. The maximum absolute atomic E-state index is 12.7. The van der Waals surface area contributed by atoms with E-state index in [0.717, 1.165) is 12.3 Å². The van der Waals surface area contributed by atoms with Gasteiger partial charge in [0.1, 0.15) is 0 Å². The normalized spacial score (nSPS) is 11.6. The first-order chi connectivity index (χ1) is 8.52. The van der Waals surface area contributed by atoms with Gasteiger partial charge in [0, 0.05) is 35.0 Å². The molecule has 0 atom stereocenters. The molecular formula is C12H8BrF3N2. The van der Waals surface area contributed by atoms with Crippen LogP contribution in [0, 0.1) is 0 Å². The van der Waals surface area contributed by atoms with E-state index < -0.39 is 11.7 Å². The minimum Gasteiger partial charge on any atom is -0.264 e. The molecule has 0 aliphatic carbocycles. The Morgan fingerprint density at radius 1 is 1.22 bits per heavy atom. The van der Waals surface area contributed by atoms with Crippen molar-refractivity contribution in [3.8, 4) is 11.1 Å². The highest BCUT2D eigenvalue weighted by Gasteiger charge is 2.31. The lowest BCUT2D eigenvalue weighted by Gasteiger charge is -2.11. The predicted molar refractivity (Wildman–Crippen MR) is 65.1 cm³/mol. The third-order valence-corrected chi connectivity index (χ3v) is 2.93. The lowest BCUT2D eigenvalue weighted by molar-refractivity contribution is -0.137. The topological polar surface area (TPSA) is 25.8 Å². The molecule has 6 heteroatoms. The van der Waals surface area contributed by atoms with Gasteiger partial charge in [-0.05, 0) is 12.1 Å². The lowest BCUT2D eigenvalue weighted by Crippen LogP contribution is -2.07. The van der Waals surface area contributed by atoms with Gasteiger partial charge in [-0.3, -0.25) is 9.97 Å². The molecule has 18 heavy (non-hydrogen) atoms. The third kappa shape index (κ3) is 2.69. The van der Waals surface area contributed by atoms with Crippen LogP contribution in [0.25, 0.3) is 11.1 Å². The molecule has 0 aromatic carbocycles. The zero-order chi connectivity index (χ0) is 13.2. The Balaban J connectivity index is 2.57. The van der Waals surface area contributed by atoms with Crippen molar-refractivity contribution in [2.75, 3.05) is 0 Å². The first-order valence-corrected chi connectivity index (χ1v) is 6.17. The maximum atomic E-state index is 12.7. The Labute approximate surface area is 110 Å². The summed E-state index contributed by atoms with van der Waals surface area (Å²) in [5.74, 6) is 0. The van der Waals surface area contributed by atoms with E-state index in [1.165, 1.54) is 6.20 Å². The van der Waals surface area contributed by atoms with Gasteiger partial charge in [0.05, 0.1) is 11.3 Å². The Hall–Kier alpha value is -1.43.